The summed E-state index contributed by atoms with van der Waals surface area (Å²) < 4.78 is 11.2. The summed E-state index contributed by atoms with van der Waals surface area (Å²) in [6, 6.07) is 5.36. The normalized spacial score (nSPS) is 10.5. The van der Waals surface area contributed by atoms with E-state index >= 15 is 0 Å². The maximum Gasteiger partial charge on any atom is 0.148 e. The summed E-state index contributed by atoms with van der Waals surface area (Å²) in [5.41, 5.74) is 1.50. The molecule has 1 aromatic carbocycles. The minimum absolute atomic E-state index is 0.628. The number of hydrogen-bond donors (Lipinski definition) is 0. The van der Waals surface area contributed by atoms with Crippen molar-refractivity contribution in [2.24, 2.45) is 0 Å². The average Bonchev–Trinajstić information content (AvgIpc) is 2.60. The van der Waals surface area contributed by atoms with Gasteiger partial charge in [-0.2, -0.15) is 0 Å². The highest BCUT2D eigenvalue weighted by Crippen LogP contribution is 2.37. The van der Waals surface area contributed by atoms with E-state index in [1.807, 2.05) is 6.92 Å². The fourth-order valence-corrected chi connectivity index (χ4v) is 1.92. The highest BCUT2D eigenvalue weighted by atomic mass is 79.9. The van der Waals surface area contributed by atoms with Crippen molar-refractivity contribution in [3.63, 3.8) is 0 Å². The molecule has 0 aliphatic carbocycles. The molecule has 0 fully saturated rings. The minimum Gasteiger partial charge on any atom is -0.496 e. The highest BCUT2D eigenvalue weighted by Gasteiger charge is 2.16. The summed E-state index contributed by atoms with van der Waals surface area (Å²) in [6.07, 6.45) is 0. The van der Waals surface area contributed by atoms with Crippen LogP contribution in [0.5, 0.6) is 5.75 Å². The minimum atomic E-state index is 0.628. The molecule has 0 N–H and O–H groups in total. The Bertz CT molecular complexity index is 525. The van der Waals surface area contributed by atoms with Crippen LogP contribution in [-0.2, 0) is 0 Å². The number of ether oxygens (including phenoxy) is 1. The van der Waals surface area contributed by atoms with Crippen LogP contribution in [0.4, 0.5) is 0 Å². The molecule has 0 saturated carbocycles. The molecule has 1 heterocycles. The van der Waals surface area contributed by atoms with Crippen LogP contribution in [0.25, 0.3) is 11.3 Å². The van der Waals surface area contributed by atoms with Crippen molar-refractivity contribution in [1.29, 1.82) is 0 Å². The zero-order valence-electron chi connectivity index (χ0n) is 8.75. The second-order valence-electron chi connectivity index (χ2n) is 3.25. The first-order valence-corrected chi connectivity index (χ1v) is 5.76. The average molecular weight is 303 g/mol. The lowest BCUT2D eigenvalue weighted by Crippen LogP contribution is -1.88. The van der Waals surface area contributed by atoms with Crippen LogP contribution in [0, 0.1) is 6.92 Å². The second-order valence-corrected chi connectivity index (χ2v) is 4.48. The van der Waals surface area contributed by atoms with Gasteiger partial charge in [-0.05, 0) is 41.1 Å². The van der Waals surface area contributed by atoms with Crippen LogP contribution in [0.1, 0.15) is 5.76 Å². The number of hydrogen-bond acceptors (Lipinski definition) is 3. The number of methoxy groups -OCH3 is 1. The molecule has 0 radical (unpaired) electrons. The number of benzene rings is 1. The molecule has 0 atom stereocenters. The van der Waals surface area contributed by atoms with Gasteiger partial charge in [-0.1, -0.05) is 16.8 Å². The zero-order chi connectivity index (χ0) is 11.7. The summed E-state index contributed by atoms with van der Waals surface area (Å²) >= 11 is 9.37. The molecule has 16 heavy (non-hydrogen) atoms. The summed E-state index contributed by atoms with van der Waals surface area (Å²) in [5, 5.41) is 4.60. The standard InChI is InChI=1S/C11H9BrClNO2/c1-6-10(12)11(14-16-6)8-5-7(13)3-4-9(8)15-2/h3-5H,1-2H3. The van der Waals surface area contributed by atoms with Crippen LogP contribution in [-0.4, -0.2) is 12.3 Å². The van der Waals surface area contributed by atoms with Gasteiger partial charge in [-0.25, -0.2) is 0 Å². The molecular weight excluding hydrogens is 293 g/mol. The lowest BCUT2D eigenvalue weighted by molar-refractivity contribution is 0.396. The lowest BCUT2D eigenvalue weighted by Gasteiger charge is -2.06. The van der Waals surface area contributed by atoms with Crippen LogP contribution in [0.2, 0.25) is 5.02 Å². The SMILES string of the molecule is COc1ccc(Cl)cc1-c1noc(C)c1Br. The summed E-state index contributed by atoms with van der Waals surface area (Å²) in [5.74, 6) is 1.43. The van der Waals surface area contributed by atoms with Crippen LogP contribution in [0.3, 0.4) is 0 Å². The number of rotatable bonds is 2. The van der Waals surface area contributed by atoms with Gasteiger partial charge in [0.1, 0.15) is 17.2 Å². The van der Waals surface area contributed by atoms with E-state index in [4.69, 9.17) is 20.9 Å². The van der Waals surface area contributed by atoms with Crippen molar-refractivity contribution < 1.29 is 9.26 Å². The zero-order valence-corrected chi connectivity index (χ0v) is 11.1. The van der Waals surface area contributed by atoms with Crippen LogP contribution in [0.15, 0.2) is 27.2 Å². The molecule has 0 aliphatic heterocycles. The Morgan fingerprint density at radius 1 is 1.44 bits per heavy atom. The predicted molar refractivity (Wildman–Crippen MR) is 65.9 cm³/mol. The van der Waals surface area contributed by atoms with Crippen molar-refractivity contribution >= 4 is 27.5 Å². The molecule has 0 saturated heterocycles. The van der Waals surface area contributed by atoms with Crippen LogP contribution >= 0.6 is 27.5 Å². The molecule has 0 aliphatic rings. The first kappa shape index (κ1) is 11.5. The predicted octanol–water partition coefficient (Wildman–Crippen LogP) is 4.07. The van der Waals surface area contributed by atoms with Gasteiger partial charge in [0.2, 0.25) is 0 Å². The lowest BCUT2D eigenvalue weighted by atomic mass is 10.1. The van der Waals surface area contributed by atoms with E-state index in [1.165, 1.54) is 0 Å². The Morgan fingerprint density at radius 3 is 2.75 bits per heavy atom. The Kier molecular flexibility index (Phi) is 3.21. The topological polar surface area (TPSA) is 35.3 Å². The fraction of sp³-hybridized carbons (Fsp3) is 0.182. The Morgan fingerprint density at radius 2 is 2.19 bits per heavy atom. The Labute approximate surface area is 106 Å². The van der Waals surface area contributed by atoms with Crippen molar-refractivity contribution in [3.05, 3.63) is 33.5 Å². The van der Waals surface area contributed by atoms with Crippen molar-refractivity contribution in [2.45, 2.75) is 6.92 Å². The number of aromatic nitrogens is 1. The van der Waals surface area contributed by atoms with E-state index in [1.54, 1.807) is 25.3 Å². The van der Waals surface area contributed by atoms with E-state index in [-0.39, 0.29) is 0 Å². The molecule has 84 valence electrons. The van der Waals surface area contributed by atoms with Gasteiger partial charge in [-0.3, -0.25) is 0 Å². The van der Waals surface area contributed by atoms with Gasteiger partial charge >= 0.3 is 0 Å². The van der Waals surface area contributed by atoms with Gasteiger partial charge in [0.05, 0.1) is 11.6 Å². The van der Waals surface area contributed by atoms with E-state index in [2.05, 4.69) is 21.1 Å². The van der Waals surface area contributed by atoms with Gasteiger partial charge < -0.3 is 9.26 Å². The molecule has 2 rings (SSSR count). The van der Waals surface area contributed by atoms with E-state index in [0.29, 0.717) is 16.5 Å². The summed E-state index contributed by atoms with van der Waals surface area (Å²) in [7, 11) is 1.60. The van der Waals surface area contributed by atoms with Gasteiger partial charge in [-0.15, -0.1) is 0 Å². The van der Waals surface area contributed by atoms with Crippen molar-refractivity contribution in [2.75, 3.05) is 7.11 Å². The Hall–Kier alpha value is -1.00. The smallest absolute Gasteiger partial charge is 0.148 e. The third kappa shape index (κ3) is 1.95. The molecule has 2 aromatic rings. The van der Waals surface area contributed by atoms with Gasteiger partial charge in [0, 0.05) is 10.6 Å². The quantitative estimate of drug-likeness (QED) is 0.838. The number of nitrogens with zero attached hydrogens (tertiary/aromatic N) is 1. The largest absolute Gasteiger partial charge is 0.496 e. The van der Waals surface area contributed by atoms with Crippen LogP contribution < -0.4 is 4.74 Å². The molecule has 0 amide bonds. The van der Waals surface area contributed by atoms with Gasteiger partial charge in [0.25, 0.3) is 0 Å². The van der Waals surface area contributed by atoms with Crippen molar-refractivity contribution in [1.82, 2.24) is 5.16 Å². The summed E-state index contributed by atoms with van der Waals surface area (Å²) in [4.78, 5) is 0. The molecule has 1 aromatic heterocycles. The fourth-order valence-electron chi connectivity index (χ4n) is 1.39. The van der Waals surface area contributed by atoms with E-state index < -0.39 is 0 Å². The number of halogens is 2. The Balaban J connectivity index is 2.62. The third-order valence-electron chi connectivity index (χ3n) is 2.21. The number of aryl methyl sites for hydroxylation is 1. The van der Waals surface area contributed by atoms with E-state index in [0.717, 1.165) is 15.8 Å². The molecule has 0 unspecified atom stereocenters. The third-order valence-corrected chi connectivity index (χ3v) is 3.38. The van der Waals surface area contributed by atoms with Gasteiger partial charge in [0.15, 0.2) is 0 Å². The highest BCUT2D eigenvalue weighted by molar-refractivity contribution is 9.10. The molecule has 0 bridgehead atoms. The molecular formula is C11H9BrClNO2. The van der Waals surface area contributed by atoms with E-state index in [9.17, 15) is 0 Å². The first-order valence-electron chi connectivity index (χ1n) is 4.59. The maximum absolute atomic E-state index is 5.95. The monoisotopic (exact) mass is 301 g/mol. The summed E-state index contributed by atoms with van der Waals surface area (Å²) in [6.45, 7) is 1.83. The molecule has 3 nitrogen and oxygen atoms in total. The van der Waals surface area contributed by atoms with Crippen molar-refractivity contribution in [3.8, 4) is 17.0 Å². The maximum atomic E-state index is 5.95. The molecule has 5 heteroatoms. The molecule has 0 spiro atoms. The second kappa shape index (κ2) is 4.47. The first-order chi connectivity index (χ1) is 7.63.